The highest BCUT2D eigenvalue weighted by atomic mass is 32.2. The van der Waals surface area contributed by atoms with Crippen LogP contribution in [-0.2, 0) is 4.79 Å². The number of carboxylic acids is 1. The van der Waals surface area contributed by atoms with E-state index >= 15 is 0 Å². The van der Waals surface area contributed by atoms with Gasteiger partial charge in [0.2, 0.25) is 0 Å². The van der Waals surface area contributed by atoms with E-state index in [1.807, 2.05) is 0 Å². The molecule has 1 aliphatic carbocycles. The minimum Gasteiger partial charge on any atom is -0.481 e. The Morgan fingerprint density at radius 2 is 2.00 bits per heavy atom. The summed E-state index contributed by atoms with van der Waals surface area (Å²) in [5, 5.41) is 9.34. The summed E-state index contributed by atoms with van der Waals surface area (Å²) in [6.07, 6.45) is 2.90. The standard InChI is InChI=1S/C13H16O2S/c1-9-5-7-10(8-6-9)16-12-4-2-3-11(12)13(14)15/h5-8,11-12H,2-4H2,1H3,(H,14,15)/t11-,12-/m1/s1. The van der Waals surface area contributed by atoms with E-state index in [0.29, 0.717) is 0 Å². The second-order valence-electron chi connectivity index (χ2n) is 4.34. The molecule has 1 aromatic carbocycles. The Balaban J connectivity index is 2.03. The number of aryl methyl sites for hydroxylation is 1. The Bertz CT molecular complexity index is 372. The second-order valence-corrected chi connectivity index (χ2v) is 5.66. The number of carboxylic acid groups (broad SMARTS) is 1. The Kier molecular flexibility index (Phi) is 3.54. The molecule has 1 aromatic rings. The van der Waals surface area contributed by atoms with Gasteiger partial charge in [-0.1, -0.05) is 24.1 Å². The number of thioether (sulfide) groups is 1. The maximum Gasteiger partial charge on any atom is 0.307 e. The molecule has 0 aromatic heterocycles. The summed E-state index contributed by atoms with van der Waals surface area (Å²) in [5.41, 5.74) is 1.24. The van der Waals surface area contributed by atoms with Crippen LogP contribution in [0.15, 0.2) is 29.2 Å². The van der Waals surface area contributed by atoms with Crippen LogP contribution in [0.3, 0.4) is 0 Å². The highest BCUT2D eigenvalue weighted by Gasteiger charge is 2.33. The molecule has 1 saturated carbocycles. The van der Waals surface area contributed by atoms with Gasteiger partial charge in [0, 0.05) is 10.1 Å². The third-order valence-corrected chi connectivity index (χ3v) is 4.49. The molecule has 0 radical (unpaired) electrons. The number of benzene rings is 1. The van der Waals surface area contributed by atoms with Crippen molar-refractivity contribution in [2.75, 3.05) is 0 Å². The molecule has 0 heterocycles. The molecule has 2 rings (SSSR count). The highest BCUT2D eigenvalue weighted by molar-refractivity contribution is 8.00. The second kappa shape index (κ2) is 4.91. The fourth-order valence-corrected chi connectivity index (χ4v) is 3.49. The zero-order valence-corrected chi connectivity index (χ0v) is 10.2. The first-order valence-electron chi connectivity index (χ1n) is 5.63. The molecular formula is C13H16O2S. The smallest absolute Gasteiger partial charge is 0.307 e. The normalized spacial score (nSPS) is 24.6. The first kappa shape index (κ1) is 11.5. The third kappa shape index (κ3) is 2.59. The maximum atomic E-state index is 11.0. The molecule has 0 aliphatic heterocycles. The van der Waals surface area contributed by atoms with E-state index in [0.717, 1.165) is 19.3 Å². The summed E-state index contributed by atoms with van der Waals surface area (Å²) in [6.45, 7) is 2.06. The minimum absolute atomic E-state index is 0.161. The van der Waals surface area contributed by atoms with Gasteiger partial charge in [-0.3, -0.25) is 4.79 Å². The van der Waals surface area contributed by atoms with Crippen LogP contribution in [0.5, 0.6) is 0 Å². The van der Waals surface area contributed by atoms with E-state index in [4.69, 9.17) is 5.11 Å². The lowest BCUT2D eigenvalue weighted by Crippen LogP contribution is -2.19. The number of rotatable bonds is 3. The van der Waals surface area contributed by atoms with Crippen molar-refractivity contribution in [3.05, 3.63) is 29.8 Å². The summed E-state index contributed by atoms with van der Waals surface area (Å²) >= 11 is 1.72. The van der Waals surface area contributed by atoms with Crippen LogP contribution in [0.25, 0.3) is 0 Å². The first-order valence-corrected chi connectivity index (χ1v) is 6.51. The summed E-state index contributed by atoms with van der Waals surface area (Å²) in [4.78, 5) is 12.2. The summed E-state index contributed by atoms with van der Waals surface area (Å²) in [7, 11) is 0. The van der Waals surface area contributed by atoms with Gasteiger partial charge in [-0.05, 0) is 31.9 Å². The minimum atomic E-state index is -0.637. The molecule has 0 bridgehead atoms. The predicted molar refractivity (Wildman–Crippen MR) is 65.8 cm³/mol. The van der Waals surface area contributed by atoms with Gasteiger partial charge in [0.05, 0.1) is 5.92 Å². The van der Waals surface area contributed by atoms with Gasteiger partial charge in [0.15, 0.2) is 0 Å². The monoisotopic (exact) mass is 236 g/mol. The molecular weight excluding hydrogens is 220 g/mol. The molecule has 1 fully saturated rings. The number of hydrogen-bond donors (Lipinski definition) is 1. The predicted octanol–water partition coefficient (Wildman–Crippen LogP) is 3.34. The fourth-order valence-electron chi connectivity index (χ4n) is 2.14. The van der Waals surface area contributed by atoms with Crippen molar-refractivity contribution in [3.63, 3.8) is 0 Å². The topological polar surface area (TPSA) is 37.3 Å². The van der Waals surface area contributed by atoms with Crippen molar-refractivity contribution in [1.29, 1.82) is 0 Å². The van der Waals surface area contributed by atoms with Gasteiger partial charge in [-0.25, -0.2) is 0 Å². The molecule has 1 N–H and O–H groups in total. The largest absolute Gasteiger partial charge is 0.481 e. The Labute approximate surface area is 100 Å². The number of hydrogen-bond acceptors (Lipinski definition) is 2. The van der Waals surface area contributed by atoms with Crippen molar-refractivity contribution in [2.45, 2.75) is 36.3 Å². The Hall–Kier alpha value is -0.960. The van der Waals surface area contributed by atoms with E-state index < -0.39 is 5.97 Å². The van der Waals surface area contributed by atoms with Crippen LogP contribution in [0.2, 0.25) is 0 Å². The van der Waals surface area contributed by atoms with Crippen LogP contribution < -0.4 is 0 Å². The highest BCUT2D eigenvalue weighted by Crippen LogP contribution is 2.39. The average molecular weight is 236 g/mol. The summed E-state index contributed by atoms with van der Waals surface area (Å²) in [5.74, 6) is -0.798. The molecule has 0 saturated heterocycles. The van der Waals surface area contributed by atoms with E-state index in [1.54, 1.807) is 11.8 Å². The lowest BCUT2D eigenvalue weighted by atomic mass is 10.1. The van der Waals surface area contributed by atoms with Crippen molar-refractivity contribution < 1.29 is 9.90 Å². The van der Waals surface area contributed by atoms with Gasteiger partial charge in [0.25, 0.3) is 0 Å². The summed E-state index contributed by atoms with van der Waals surface area (Å²) in [6, 6.07) is 8.31. The van der Waals surface area contributed by atoms with Gasteiger partial charge in [0.1, 0.15) is 0 Å². The number of carbonyl (C=O) groups is 1. The van der Waals surface area contributed by atoms with Crippen molar-refractivity contribution in [1.82, 2.24) is 0 Å². The SMILES string of the molecule is Cc1ccc(S[C@@H]2CCC[C@H]2C(=O)O)cc1. The molecule has 86 valence electrons. The molecule has 1 aliphatic rings. The van der Waals surface area contributed by atoms with Crippen LogP contribution >= 0.6 is 11.8 Å². The van der Waals surface area contributed by atoms with E-state index in [2.05, 4.69) is 31.2 Å². The van der Waals surface area contributed by atoms with E-state index in [-0.39, 0.29) is 11.2 Å². The van der Waals surface area contributed by atoms with Crippen molar-refractivity contribution in [3.8, 4) is 0 Å². The molecule has 0 unspecified atom stereocenters. The van der Waals surface area contributed by atoms with Crippen LogP contribution in [0, 0.1) is 12.8 Å². The number of aliphatic carboxylic acids is 1. The molecule has 3 heteroatoms. The fraction of sp³-hybridized carbons (Fsp3) is 0.462. The average Bonchev–Trinajstić information content (AvgIpc) is 2.69. The van der Waals surface area contributed by atoms with Crippen molar-refractivity contribution >= 4 is 17.7 Å². The van der Waals surface area contributed by atoms with E-state index in [9.17, 15) is 4.79 Å². The molecule has 2 nitrogen and oxygen atoms in total. The van der Waals surface area contributed by atoms with Gasteiger partial charge in [-0.15, -0.1) is 11.8 Å². The molecule has 16 heavy (non-hydrogen) atoms. The first-order chi connectivity index (χ1) is 7.66. The van der Waals surface area contributed by atoms with E-state index in [1.165, 1.54) is 10.5 Å². The quantitative estimate of drug-likeness (QED) is 0.874. The molecule has 0 amide bonds. The van der Waals surface area contributed by atoms with Gasteiger partial charge in [-0.2, -0.15) is 0 Å². The zero-order valence-electron chi connectivity index (χ0n) is 9.35. The van der Waals surface area contributed by atoms with Gasteiger partial charge < -0.3 is 5.11 Å². The van der Waals surface area contributed by atoms with Crippen molar-refractivity contribution in [2.24, 2.45) is 5.92 Å². The lowest BCUT2D eigenvalue weighted by molar-refractivity contribution is -0.141. The third-order valence-electron chi connectivity index (χ3n) is 3.08. The van der Waals surface area contributed by atoms with Crippen LogP contribution in [0.4, 0.5) is 0 Å². The zero-order chi connectivity index (χ0) is 11.5. The lowest BCUT2D eigenvalue weighted by Gasteiger charge is -2.15. The Morgan fingerprint density at radius 3 is 2.62 bits per heavy atom. The van der Waals surface area contributed by atoms with Gasteiger partial charge >= 0.3 is 5.97 Å². The Morgan fingerprint density at radius 1 is 1.31 bits per heavy atom. The summed E-state index contributed by atoms with van der Waals surface area (Å²) < 4.78 is 0. The maximum absolute atomic E-state index is 11.0. The molecule has 0 spiro atoms. The van der Waals surface area contributed by atoms with Crippen LogP contribution in [-0.4, -0.2) is 16.3 Å². The molecule has 2 atom stereocenters. The van der Waals surface area contributed by atoms with Crippen LogP contribution in [0.1, 0.15) is 24.8 Å².